The number of rotatable bonds is 2. The van der Waals surface area contributed by atoms with Crippen LogP contribution in [0, 0.1) is 0 Å². The molecule has 11 heavy (non-hydrogen) atoms. The summed E-state index contributed by atoms with van der Waals surface area (Å²) in [6.45, 7) is 3.47. The van der Waals surface area contributed by atoms with E-state index in [0.29, 0.717) is 0 Å². The second-order valence-electron chi connectivity index (χ2n) is 2.18. The van der Waals surface area contributed by atoms with Gasteiger partial charge >= 0.3 is 0 Å². The predicted octanol–water partition coefficient (Wildman–Crippen LogP) is -3.01. The van der Waals surface area contributed by atoms with Crippen molar-refractivity contribution in [2.75, 3.05) is 0 Å². The molecule has 1 atom stereocenters. The Balaban J connectivity index is 0.000001000. The highest BCUT2D eigenvalue weighted by molar-refractivity contribution is 4.79. The molecule has 0 aromatic carbocycles. The molecule has 0 spiro atoms. The molecule has 0 radical (unpaired) electrons. The first-order valence-corrected chi connectivity index (χ1v) is 3.07. The van der Waals surface area contributed by atoms with Gasteiger partial charge in [0, 0.05) is 0 Å². The highest BCUT2D eigenvalue weighted by atomic mass is 35.5. The van der Waals surface area contributed by atoms with Gasteiger partial charge in [0.25, 0.3) is 0 Å². The van der Waals surface area contributed by atoms with Crippen LogP contribution in [-0.4, -0.2) is 9.67 Å². The Hall–Kier alpha value is -0.800. The fourth-order valence-corrected chi connectivity index (χ4v) is 0.748. The summed E-state index contributed by atoms with van der Waals surface area (Å²) in [6, 6.07) is 0. The van der Waals surface area contributed by atoms with Crippen LogP contribution in [-0.2, 0) is 7.05 Å². The van der Waals surface area contributed by atoms with Gasteiger partial charge in [-0.1, -0.05) is 6.58 Å². The lowest BCUT2D eigenvalue weighted by Gasteiger charge is -1.96. The SMILES string of the molecule is C=CC(O)n1cc[n+](C)c1.[Cl-]. The molecule has 0 aliphatic carbocycles. The van der Waals surface area contributed by atoms with E-state index >= 15 is 0 Å². The van der Waals surface area contributed by atoms with Crippen LogP contribution in [0.3, 0.4) is 0 Å². The van der Waals surface area contributed by atoms with E-state index in [0.717, 1.165) is 0 Å². The van der Waals surface area contributed by atoms with Crippen molar-refractivity contribution in [2.24, 2.45) is 7.05 Å². The standard InChI is InChI=1S/C7H11N2O.ClH/c1-3-7(10)9-5-4-8(2)6-9;/h3-7,10H,1H2,2H3;1H/q+1;/p-1. The van der Waals surface area contributed by atoms with E-state index < -0.39 is 6.23 Å². The molecular formula is C7H11ClN2O. The maximum atomic E-state index is 9.17. The third-order valence-electron chi connectivity index (χ3n) is 1.31. The second kappa shape index (κ2) is 4.16. The average Bonchev–Trinajstić information content (AvgIpc) is 2.34. The Kier molecular flexibility index (Phi) is 3.85. The number of aliphatic hydroxyl groups excluding tert-OH is 1. The smallest absolute Gasteiger partial charge is 0.245 e. The van der Waals surface area contributed by atoms with E-state index in [1.807, 2.05) is 17.8 Å². The summed E-state index contributed by atoms with van der Waals surface area (Å²) in [4.78, 5) is 0. The number of aliphatic hydroxyl groups is 1. The lowest BCUT2D eigenvalue weighted by atomic mass is 10.5. The topological polar surface area (TPSA) is 29.0 Å². The van der Waals surface area contributed by atoms with Crippen molar-refractivity contribution >= 4 is 0 Å². The number of imidazole rings is 1. The molecule has 1 rings (SSSR count). The summed E-state index contributed by atoms with van der Waals surface area (Å²) in [5.41, 5.74) is 0. The molecule has 0 aliphatic heterocycles. The Morgan fingerprint density at radius 2 is 2.36 bits per heavy atom. The molecule has 62 valence electrons. The Bertz CT molecular complexity index is 234. The maximum absolute atomic E-state index is 9.17. The van der Waals surface area contributed by atoms with Gasteiger partial charge in [0.15, 0.2) is 0 Å². The molecule has 0 amide bonds. The average molecular weight is 175 g/mol. The van der Waals surface area contributed by atoms with Gasteiger partial charge in [0.1, 0.15) is 12.4 Å². The van der Waals surface area contributed by atoms with Crippen LogP contribution in [0.15, 0.2) is 31.4 Å². The zero-order chi connectivity index (χ0) is 7.56. The molecule has 3 nitrogen and oxygen atoms in total. The van der Waals surface area contributed by atoms with Crippen molar-refractivity contribution in [3.05, 3.63) is 31.4 Å². The van der Waals surface area contributed by atoms with Crippen LogP contribution in [0.25, 0.3) is 0 Å². The fourth-order valence-electron chi connectivity index (χ4n) is 0.748. The highest BCUT2D eigenvalue weighted by Crippen LogP contribution is 1.98. The Morgan fingerprint density at radius 3 is 2.73 bits per heavy atom. The lowest BCUT2D eigenvalue weighted by Crippen LogP contribution is -3.00. The van der Waals surface area contributed by atoms with Crippen LogP contribution in [0.1, 0.15) is 6.23 Å². The number of aryl methyl sites for hydroxylation is 1. The van der Waals surface area contributed by atoms with Gasteiger partial charge in [0.2, 0.25) is 12.6 Å². The van der Waals surface area contributed by atoms with Gasteiger partial charge in [-0.15, -0.1) is 0 Å². The lowest BCUT2D eigenvalue weighted by molar-refractivity contribution is -0.671. The molecule has 1 N–H and O–H groups in total. The van der Waals surface area contributed by atoms with E-state index in [4.69, 9.17) is 0 Å². The summed E-state index contributed by atoms with van der Waals surface area (Å²) in [5, 5.41) is 9.17. The van der Waals surface area contributed by atoms with Gasteiger partial charge in [-0.3, -0.25) is 0 Å². The van der Waals surface area contributed by atoms with Crippen LogP contribution in [0.5, 0.6) is 0 Å². The van der Waals surface area contributed by atoms with Crippen molar-refractivity contribution in [1.82, 2.24) is 4.57 Å². The molecule has 1 aromatic rings. The van der Waals surface area contributed by atoms with E-state index in [9.17, 15) is 5.11 Å². The molecule has 0 bridgehead atoms. The van der Waals surface area contributed by atoms with Crippen molar-refractivity contribution < 1.29 is 22.1 Å². The van der Waals surface area contributed by atoms with Crippen LogP contribution >= 0.6 is 0 Å². The van der Waals surface area contributed by atoms with Crippen LogP contribution < -0.4 is 17.0 Å². The molecule has 0 fully saturated rings. The number of aromatic nitrogens is 2. The largest absolute Gasteiger partial charge is 1.00 e. The number of halogens is 1. The first-order valence-electron chi connectivity index (χ1n) is 3.07. The minimum absolute atomic E-state index is 0. The minimum atomic E-state index is -0.610. The molecule has 1 unspecified atom stereocenters. The summed E-state index contributed by atoms with van der Waals surface area (Å²) in [6.07, 6.45) is 6.28. The summed E-state index contributed by atoms with van der Waals surface area (Å²) < 4.78 is 3.51. The molecule has 0 saturated heterocycles. The summed E-state index contributed by atoms with van der Waals surface area (Å²) in [7, 11) is 1.90. The highest BCUT2D eigenvalue weighted by Gasteiger charge is 2.05. The van der Waals surface area contributed by atoms with E-state index in [1.54, 1.807) is 17.1 Å². The number of hydrogen-bond donors (Lipinski definition) is 1. The summed E-state index contributed by atoms with van der Waals surface area (Å²) >= 11 is 0. The molecule has 0 saturated carbocycles. The molecular weight excluding hydrogens is 164 g/mol. The van der Waals surface area contributed by atoms with Crippen molar-refractivity contribution in [2.45, 2.75) is 6.23 Å². The van der Waals surface area contributed by atoms with Crippen LogP contribution in [0.4, 0.5) is 0 Å². The van der Waals surface area contributed by atoms with Gasteiger partial charge < -0.3 is 17.5 Å². The van der Waals surface area contributed by atoms with Crippen LogP contribution in [0.2, 0.25) is 0 Å². The number of nitrogens with zero attached hydrogens (tertiary/aromatic N) is 2. The zero-order valence-electron chi connectivity index (χ0n) is 6.31. The fraction of sp³-hybridized carbons (Fsp3) is 0.286. The number of hydrogen-bond acceptors (Lipinski definition) is 1. The van der Waals surface area contributed by atoms with E-state index in [-0.39, 0.29) is 12.4 Å². The monoisotopic (exact) mass is 174 g/mol. The molecule has 1 aromatic heterocycles. The second-order valence-corrected chi connectivity index (χ2v) is 2.18. The Labute approximate surface area is 72.0 Å². The predicted molar refractivity (Wildman–Crippen MR) is 37.1 cm³/mol. The van der Waals surface area contributed by atoms with Gasteiger partial charge in [-0.2, -0.15) is 0 Å². The van der Waals surface area contributed by atoms with Crippen molar-refractivity contribution in [3.63, 3.8) is 0 Å². The quantitative estimate of drug-likeness (QED) is 0.376. The van der Waals surface area contributed by atoms with Gasteiger partial charge in [-0.05, 0) is 6.08 Å². The molecule has 1 heterocycles. The minimum Gasteiger partial charge on any atom is -1.00 e. The van der Waals surface area contributed by atoms with Crippen molar-refractivity contribution in [3.8, 4) is 0 Å². The van der Waals surface area contributed by atoms with E-state index in [1.165, 1.54) is 6.08 Å². The normalized spacial score (nSPS) is 11.8. The summed E-state index contributed by atoms with van der Waals surface area (Å²) in [5.74, 6) is 0. The molecule has 4 heteroatoms. The first kappa shape index (κ1) is 10.2. The van der Waals surface area contributed by atoms with Crippen molar-refractivity contribution in [1.29, 1.82) is 0 Å². The molecule has 0 aliphatic rings. The van der Waals surface area contributed by atoms with Gasteiger partial charge in [-0.25, -0.2) is 9.13 Å². The maximum Gasteiger partial charge on any atom is 0.245 e. The zero-order valence-corrected chi connectivity index (χ0v) is 7.07. The Morgan fingerprint density at radius 1 is 1.73 bits per heavy atom. The van der Waals surface area contributed by atoms with Gasteiger partial charge in [0.05, 0.1) is 7.05 Å². The third kappa shape index (κ3) is 2.37. The first-order chi connectivity index (χ1) is 4.74. The third-order valence-corrected chi connectivity index (χ3v) is 1.31. The van der Waals surface area contributed by atoms with E-state index in [2.05, 4.69) is 6.58 Å².